The summed E-state index contributed by atoms with van der Waals surface area (Å²) in [5.41, 5.74) is 0. The lowest BCUT2D eigenvalue weighted by Crippen LogP contribution is -2.08. The third-order valence-electron chi connectivity index (χ3n) is 4.49. The average Bonchev–Trinajstić information content (AvgIpc) is 2.56. The molecular weight excluding hydrogens is 284 g/mol. The van der Waals surface area contributed by atoms with Gasteiger partial charge in [0, 0.05) is 6.42 Å². The highest BCUT2D eigenvalue weighted by Gasteiger charge is 2.09. The molecule has 0 aromatic heterocycles. The first-order chi connectivity index (χ1) is 11.2. The van der Waals surface area contributed by atoms with E-state index < -0.39 is 0 Å². The number of unbranched alkanes of at least 4 members (excludes halogenated alkanes) is 6. The highest BCUT2D eigenvalue weighted by molar-refractivity contribution is 5.69. The zero-order valence-electron chi connectivity index (χ0n) is 15.8. The van der Waals surface area contributed by atoms with Crippen molar-refractivity contribution in [3.8, 4) is 0 Å². The summed E-state index contributed by atoms with van der Waals surface area (Å²) >= 11 is 0. The van der Waals surface area contributed by atoms with Gasteiger partial charge in [0.25, 0.3) is 0 Å². The van der Waals surface area contributed by atoms with E-state index in [0.717, 1.165) is 31.6 Å². The van der Waals surface area contributed by atoms with Gasteiger partial charge in [-0.25, -0.2) is 0 Å². The molecule has 0 rings (SSSR count). The third kappa shape index (κ3) is 15.9. The molecule has 23 heavy (non-hydrogen) atoms. The van der Waals surface area contributed by atoms with Crippen LogP contribution in [-0.2, 0) is 9.53 Å². The maximum atomic E-state index is 11.6. The van der Waals surface area contributed by atoms with E-state index in [1.807, 2.05) is 6.08 Å². The SMILES string of the molecule is C=CCCCCC(=O)OCCCC(CCCC)CCCCCC. The Morgan fingerprint density at radius 2 is 1.61 bits per heavy atom. The predicted octanol–water partition coefficient (Wildman–Crippen LogP) is 6.83. The molecule has 0 heterocycles. The van der Waals surface area contributed by atoms with Crippen LogP contribution in [0, 0.1) is 5.92 Å². The summed E-state index contributed by atoms with van der Waals surface area (Å²) in [6, 6.07) is 0. The minimum absolute atomic E-state index is 0.0258. The largest absolute Gasteiger partial charge is 0.466 e. The Morgan fingerprint density at radius 1 is 0.913 bits per heavy atom. The lowest BCUT2D eigenvalue weighted by Gasteiger charge is -2.16. The van der Waals surface area contributed by atoms with E-state index in [2.05, 4.69) is 20.4 Å². The van der Waals surface area contributed by atoms with Gasteiger partial charge in [-0.3, -0.25) is 4.79 Å². The highest BCUT2D eigenvalue weighted by atomic mass is 16.5. The number of rotatable bonds is 17. The van der Waals surface area contributed by atoms with Crippen molar-refractivity contribution in [1.29, 1.82) is 0 Å². The lowest BCUT2D eigenvalue weighted by atomic mass is 9.91. The summed E-state index contributed by atoms with van der Waals surface area (Å²) in [6.07, 6.45) is 18.4. The first kappa shape index (κ1) is 22.2. The van der Waals surface area contributed by atoms with Gasteiger partial charge in [0.15, 0.2) is 0 Å². The van der Waals surface area contributed by atoms with Crippen molar-refractivity contribution in [1.82, 2.24) is 0 Å². The molecule has 1 atom stereocenters. The third-order valence-corrected chi connectivity index (χ3v) is 4.49. The zero-order valence-corrected chi connectivity index (χ0v) is 15.8. The van der Waals surface area contributed by atoms with E-state index in [-0.39, 0.29) is 5.97 Å². The fourth-order valence-corrected chi connectivity index (χ4v) is 2.97. The molecule has 0 aromatic rings. The smallest absolute Gasteiger partial charge is 0.305 e. The van der Waals surface area contributed by atoms with Crippen LogP contribution in [0.25, 0.3) is 0 Å². The zero-order chi connectivity index (χ0) is 17.2. The van der Waals surface area contributed by atoms with Crippen LogP contribution in [0.15, 0.2) is 12.7 Å². The fourth-order valence-electron chi connectivity index (χ4n) is 2.97. The lowest BCUT2D eigenvalue weighted by molar-refractivity contribution is -0.143. The molecule has 1 unspecified atom stereocenters. The molecule has 0 saturated heterocycles. The molecule has 0 fully saturated rings. The highest BCUT2D eigenvalue weighted by Crippen LogP contribution is 2.22. The van der Waals surface area contributed by atoms with E-state index >= 15 is 0 Å². The van der Waals surface area contributed by atoms with Gasteiger partial charge < -0.3 is 4.74 Å². The van der Waals surface area contributed by atoms with Gasteiger partial charge in [-0.15, -0.1) is 6.58 Å². The number of carbonyl (C=O) groups is 1. The first-order valence-corrected chi connectivity index (χ1v) is 10.0. The number of hydrogen-bond donors (Lipinski definition) is 0. The summed E-state index contributed by atoms with van der Waals surface area (Å²) in [5, 5.41) is 0. The molecule has 0 aromatic carbocycles. The number of allylic oxidation sites excluding steroid dienone is 1. The van der Waals surface area contributed by atoms with Gasteiger partial charge in [0.1, 0.15) is 0 Å². The first-order valence-electron chi connectivity index (χ1n) is 10.0. The average molecular weight is 325 g/mol. The molecule has 136 valence electrons. The monoisotopic (exact) mass is 324 g/mol. The maximum Gasteiger partial charge on any atom is 0.305 e. The van der Waals surface area contributed by atoms with Crippen molar-refractivity contribution in [2.24, 2.45) is 5.92 Å². The van der Waals surface area contributed by atoms with Gasteiger partial charge in [0.05, 0.1) is 6.61 Å². The normalized spacial score (nSPS) is 12.1. The summed E-state index contributed by atoms with van der Waals surface area (Å²) in [6.45, 7) is 8.83. The van der Waals surface area contributed by atoms with Crippen molar-refractivity contribution in [3.63, 3.8) is 0 Å². The van der Waals surface area contributed by atoms with Crippen molar-refractivity contribution < 1.29 is 9.53 Å². The summed E-state index contributed by atoms with van der Waals surface area (Å²) in [4.78, 5) is 11.6. The number of esters is 1. The molecule has 0 aliphatic carbocycles. The molecule has 0 radical (unpaired) electrons. The Hall–Kier alpha value is -0.790. The molecule has 2 heteroatoms. The second kappa shape index (κ2) is 17.6. The Balaban J connectivity index is 3.70. The van der Waals surface area contributed by atoms with E-state index in [1.165, 1.54) is 57.8 Å². The van der Waals surface area contributed by atoms with Crippen molar-refractivity contribution in [2.45, 2.75) is 104 Å². The van der Waals surface area contributed by atoms with Gasteiger partial charge >= 0.3 is 5.97 Å². The Labute approximate surface area is 145 Å². The van der Waals surface area contributed by atoms with Gasteiger partial charge in [-0.1, -0.05) is 71.3 Å². The Kier molecular flexibility index (Phi) is 17.0. The standard InChI is InChI=1S/C21H40O2/c1-4-7-10-12-16-20(15-9-6-3)17-14-19-23-21(22)18-13-11-8-5-2/h5,20H,2,4,6-19H2,1,3H3. The molecule has 0 N–H and O–H groups in total. The van der Waals surface area contributed by atoms with Crippen LogP contribution in [0.1, 0.15) is 104 Å². The van der Waals surface area contributed by atoms with E-state index in [0.29, 0.717) is 13.0 Å². The summed E-state index contributed by atoms with van der Waals surface area (Å²) in [7, 11) is 0. The van der Waals surface area contributed by atoms with Crippen molar-refractivity contribution in [2.75, 3.05) is 6.61 Å². The number of carbonyl (C=O) groups excluding carboxylic acids is 1. The Bertz CT molecular complexity index is 273. The van der Waals surface area contributed by atoms with Gasteiger partial charge in [-0.2, -0.15) is 0 Å². The van der Waals surface area contributed by atoms with Crippen LogP contribution < -0.4 is 0 Å². The van der Waals surface area contributed by atoms with E-state index in [9.17, 15) is 4.79 Å². The fraction of sp³-hybridized carbons (Fsp3) is 0.857. The van der Waals surface area contributed by atoms with Crippen molar-refractivity contribution in [3.05, 3.63) is 12.7 Å². The van der Waals surface area contributed by atoms with Crippen LogP contribution in [0.2, 0.25) is 0 Å². The minimum Gasteiger partial charge on any atom is -0.466 e. The van der Waals surface area contributed by atoms with Crippen molar-refractivity contribution >= 4 is 5.97 Å². The maximum absolute atomic E-state index is 11.6. The molecule has 0 amide bonds. The van der Waals surface area contributed by atoms with Gasteiger partial charge in [0.2, 0.25) is 0 Å². The summed E-state index contributed by atoms with van der Waals surface area (Å²) < 4.78 is 5.36. The number of hydrogen-bond acceptors (Lipinski definition) is 2. The molecule has 0 aliphatic heterocycles. The Morgan fingerprint density at radius 3 is 2.30 bits per heavy atom. The van der Waals surface area contributed by atoms with Crippen LogP contribution >= 0.6 is 0 Å². The second-order valence-electron chi connectivity index (χ2n) is 6.75. The second-order valence-corrected chi connectivity index (χ2v) is 6.75. The van der Waals surface area contributed by atoms with Crippen LogP contribution in [0.5, 0.6) is 0 Å². The topological polar surface area (TPSA) is 26.3 Å². The van der Waals surface area contributed by atoms with E-state index in [1.54, 1.807) is 0 Å². The quantitative estimate of drug-likeness (QED) is 0.166. The molecule has 0 aliphatic rings. The molecule has 0 spiro atoms. The predicted molar refractivity (Wildman–Crippen MR) is 101 cm³/mol. The number of ether oxygens (including phenoxy) is 1. The van der Waals surface area contributed by atoms with E-state index in [4.69, 9.17) is 4.74 Å². The molecular formula is C21H40O2. The summed E-state index contributed by atoms with van der Waals surface area (Å²) in [5.74, 6) is 0.806. The molecule has 0 bridgehead atoms. The molecule has 2 nitrogen and oxygen atoms in total. The molecule has 0 saturated carbocycles. The van der Waals surface area contributed by atoms with Crippen LogP contribution in [-0.4, -0.2) is 12.6 Å². The minimum atomic E-state index is -0.0258. The van der Waals surface area contributed by atoms with Crippen LogP contribution in [0.4, 0.5) is 0 Å². The van der Waals surface area contributed by atoms with Crippen LogP contribution in [0.3, 0.4) is 0 Å². The van der Waals surface area contributed by atoms with Gasteiger partial charge in [-0.05, 0) is 38.0 Å².